The fourth-order valence-electron chi connectivity index (χ4n) is 3.57. The SMILES string of the molecule is Cc1cccc(C(=O)NCCC(=O)Nc2cccc(S(=O)(=O)N3CCCCCC3)c2)c1. The van der Waals surface area contributed by atoms with Gasteiger partial charge in [0.05, 0.1) is 4.90 Å². The summed E-state index contributed by atoms with van der Waals surface area (Å²) in [5.41, 5.74) is 1.96. The average molecular weight is 444 g/mol. The summed E-state index contributed by atoms with van der Waals surface area (Å²) < 4.78 is 27.4. The van der Waals surface area contributed by atoms with Gasteiger partial charge in [-0.3, -0.25) is 9.59 Å². The standard InChI is InChI=1S/C23H29N3O4S/c1-18-8-6-9-19(16-18)23(28)24-13-12-22(27)25-20-10-7-11-21(17-20)31(29,30)26-14-4-2-3-5-15-26/h6-11,16-17H,2-5,12-15H2,1H3,(H,24,28)(H,25,27). The highest BCUT2D eigenvalue weighted by Gasteiger charge is 2.25. The molecular weight excluding hydrogens is 414 g/mol. The van der Waals surface area contributed by atoms with E-state index < -0.39 is 10.0 Å². The maximum atomic E-state index is 12.9. The quantitative estimate of drug-likeness (QED) is 0.686. The van der Waals surface area contributed by atoms with Gasteiger partial charge in [0.15, 0.2) is 0 Å². The van der Waals surface area contributed by atoms with E-state index in [9.17, 15) is 18.0 Å². The van der Waals surface area contributed by atoms with Crippen LogP contribution in [-0.2, 0) is 14.8 Å². The lowest BCUT2D eigenvalue weighted by Gasteiger charge is -2.20. The molecule has 2 aromatic carbocycles. The van der Waals surface area contributed by atoms with Gasteiger partial charge in [-0.25, -0.2) is 8.42 Å². The maximum Gasteiger partial charge on any atom is 0.251 e. The minimum Gasteiger partial charge on any atom is -0.352 e. The molecule has 1 aliphatic rings. The van der Waals surface area contributed by atoms with Crippen molar-refractivity contribution in [1.29, 1.82) is 0 Å². The number of anilines is 1. The molecule has 0 aliphatic carbocycles. The maximum absolute atomic E-state index is 12.9. The van der Waals surface area contributed by atoms with E-state index in [0.717, 1.165) is 31.2 Å². The summed E-state index contributed by atoms with van der Waals surface area (Å²) in [6.07, 6.45) is 3.90. The Bertz CT molecular complexity index is 1030. The molecule has 0 radical (unpaired) electrons. The van der Waals surface area contributed by atoms with Crippen LogP contribution in [0.25, 0.3) is 0 Å². The lowest BCUT2D eigenvalue weighted by atomic mass is 10.1. The van der Waals surface area contributed by atoms with E-state index in [0.29, 0.717) is 24.3 Å². The van der Waals surface area contributed by atoms with Crippen molar-refractivity contribution in [3.63, 3.8) is 0 Å². The molecule has 8 heteroatoms. The zero-order valence-corrected chi connectivity index (χ0v) is 18.6. The van der Waals surface area contributed by atoms with E-state index in [4.69, 9.17) is 0 Å². The smallest absolute Gasteiger partial charge is 0.251 e. The number of sulfonamides is 1. The lowest BCUT2D eigenvalue weighted by molar-refractivity contribution is -0.116. The largest absolute Gasteiger partial charge is 0.352 e. The predicted octanol–water partition coefficient (Wildman–Crippen LogP) is 3.32. The van der Waals surface area contributed by atoms with Crippen molar-refractivity contribution in [2.75, 3.05) is 25.0 Å². The molecule has 31 heavy (non-hydrogen) atoms. The number of nitrogens with one attached hydrogen (secondary N) is 2. The molecule has 1 aliphatic heterocycles. The molecule has 1 heterocycles. The summed E-state index contributed by atoms with van der Waals surface area (Å²) in [5, 5.41) is 5.44. The number of aryl methyl sites for hydroxylation is 1. The molecule has 0 atom stereocenters. The van der Waals surface area contributed by atoms with Crippen molar-refractivity contribution in [2.45, 2.75) is 43.9 Å². The Morgan fingerprint density at radius 3 is 2.39 bits per heavy atom. The Balaban J connectivity index is 1.55. The monoisotopic (exact) mass is 443 g/mol. The number of carbonyl (C=O) groups is 2. The van der Waals surface area contributed by atoms with E-state index >= 15 is 0 Å². The van der Waals surface area contributed by atoms with Crippen LogP contribution < -0.4 is 10.6 Å². The van der Waals surface area contributed by atoms with Crippen molar-refractivity contribution in [3.05, 3.63) is 59.7 Å². The summed E-state index contributed by atoms with van der Waals surface area (Å²) in [6, 6.07) is 13.5. The highest BCUT2D eigenvalue weighted by Crippen LogP contribution is 2.22. The third-order valence-electron chi connectivity index (χ3n) is 5.24. The van der Waals surface area contributed by atoms with Gasteiger partial charge in [0, 0.05) is 37.3 Å². The molecule has 0 bridgehead atoms. The molecule has 2 aromatic rings. The third-order valence-corrected chi connectivity index (χ3v) is 7.13. The van der Waals surface area contributed by atoms with Gasteiger partial charge < -0.3 is 10.6 Å². The van der Waals surface area contributed by atoms with Crippen LogP contribution in [0.15, 0.2) is 53.4 Å². The zero-order chi connectivity index (χ0) is 22.3. The summed E-state index contributed by atoms with van der Waals surface area (Å²) in [7, 11) is -3.58. The van der Waals surface area contributed by atoms with Gasteiger partial charge in [-0.15, -0.1) is 0 Å². The van der Waals surface area contributed by atoms with Crippen molar-refractivity contribution in [2.24, 2.45) is 0 Å². The molecule has 0 spiro atoms. The normalized spacial score (nSPS) is 15.1. The number of amides is 2. The van der Waals surface area contributed by atoms with Gasteiger partial charge in [-0.1, -0.05) is 36.6 Å². The van der Waals surface area contributed by atoms with E-state index in [1.807, 2.05) is 19.1 Å². The molecule has 1 saturated heterocycles. The Kier molecular flexibility index (Phi) is 7.81. The molecule has 2 N–H and O–H groups in total. The average Bonchev–Trinajstić information content (AvgIpc) is 3.04. The molecule has 0 aromatic heterocycles. The first-order chi connectivity index (χ1) is 14.9. The van der Waals surface area contributed by atoms with Crippen LogP contribution in [0.5, 0.6) is 0 Å². The first-order valence-corrected chi connectivity index (χ1v) is 12.1. The fraction of sp³-hybridized carbons (Fsp3) is 0.391. The van der Waals surface area contributed by atoms with Crippen LogP contribution >= 0.6 is 0 Å². The van der Waals surface area contributed by atoms with Crippen LogP contribution in [-0.4, -0.2) is 44.2 Å². The second kappa shape index (κ2) is 10.5. The number of nitrogens with zero attached hydrogens (tertiary/aromatic N) is 1. The van der Waals surface area contributed by atoms with Gasteiger partial charge in [-0.2, -0.15) is 4.31 Å². The number of hydrogen-bond acceptors (Lipinski definition) is 4. The lowest BCUT2D eigenvalue weighted by Crippen LogP contribution is -2.32. The first kappa shape index (κ1) is 23.0. The molecule has 2 amide bonds. The summed E-state index contributed by atoms with van der Waals surface area (Å²) in [6.45, 7) is 3.15. The highest BCUT2D eigenvalue weighted by atomic mass is 32.2. The molecule has 166 valence electrons. The van der Waals surface area contributed by atoms with Gasteiger partial charge in [0.25, 0.3) is 5.91 Å². The van der Waals surface area contributed by atoms with Gasteiger partial charge in [0.1, 0.15) is 0 Å². The molecule has 1 fully saturated rings. The van der Waals surface area contributed by atoms with Crippen molar-refractivity contribution in [3.8, 4) is 0 Å². The second-order valence-corrected chi connectivity index (χ2v) is 9.71. The van der Waals surface area contributed by atoms with Crippen LogP contribution in [0, 0.1) is 6.92 Å². The predicted molar refractivity (Wildman–Crippen MR) is 120 cm³/mol. The highest BCUT2D eigenvalue weighted by molar-refractivity contribution is 7.89. The molecule has 0 unspecified atom stereocenters. The Hall–Kier alpha value is -2.71. The minimum absolute atomic E-state index is 0.0840. The van der Waals surface area contributed by atoms with E-state index in [-0.39, 0.29) is 29.7 Å². The number of hydrogen-bond donors (Lipinski definition) is 2. The van der Waals surface area contributed by atoms with Gasteiger partial charge in [-0.05, 0) is 50.1 Å². The first-order valence-electron chi connectivity index (χ1n) is 10.6. The Labute approximate surface area is 183 Å². The van der Waals surface area contributed by atoms with Crippen molar-refractivity contribution >= 4 is 27.5 Å². The topological polar surface area (TPSA) is 95.6 Å². The molecule has 0 saturated carbocycles. The summed E-state index contributed by atoms with van der Waals surface area (Å²) in [4.78, 5) is 24.6. The van der Waals surface area contributed by atoms with Crippen molar-refractivity contribution in [1.82, 2.24) is 9.62 Å². The summed E-state index contributed by atoms with van der Waals surface area (Å²) in [5.74, 6) is -0.532. The molecule has 3 rings (SSSR count). The van der Waals surface area contributed by atoms with E-state index in [1.165, 1.54) is 10.4 Å². The van der Waals surface area contributed by atoms with Crippen LogP contribution in [0.3, 0.4) is 0 Å². The number of benzene rings is 2. The number of carbonyl (C=O) groups excluding carboxylic acids is 2. The van der Waals surface area contributed by atoms with Crippen molar-refractivity contribution < 1.29 is 18.0 Å². The van der Waals surface area contributed by atoms with Crippen LogP contribution in [0.4, 0.5) is 5.69 Å². The molecular formula is C23H29N3O4S. The Morgan fingerprint density at radius 2 is 1.68 bits per heavy atom. The van der Waals surface area contributed by atoms with Gasteiger partial charge in [0.2, 0.25) is 15.9 Å². The minimum atomic E-state index is -3.58. The second-order valence-electron chi connectivity index (χ2n) is 7.77. The zero-order valence-electron chi connectivity index (χ0n) is 17.8. The fourth-order valence-corrected chi connectivity index (χ4v) is 5.13. The van der Waals surface area contributed by atoms with Crippen LogP contribution in [0.1, 0.15) is 48.0 Å². The van der Waals surface area contributed by atoms with Gasteiger partial charge >= 0.3 is 0 Å². The number of rotatable bonds is 7. The Morgan fingerprint density at radius 1 is 0.968 bits per heavy atom. The van der Waals surface area contributed by atoms with E-state index in [1.54, 1.807) is 30.3 Å². The third kappa shape index (κ3) is 6.38. The van der Waals surface area contributed by atoms with E-state index in [2.05, 4.69) is 10.6 Å². The summed E-state index contributed by atoms with van der Waals surface area (Å²) >= 11 is 0. The molecule has 7 nitrogen and oxygen atoms in total. The van der Waals surface area contributed by atoms with Crippen LogP contribution in [0.2, 0.25) is 0 Å².